The van der Waals surface area contributed by atoms with Gasteiger partial charge in [0.25, 0.3) is 0 Å². The lowest BCUT2D eigenvalue weighted by Crippen LogP contribution is -2.25. The highest BCUT2D eigenvalue weighted by Gasteiger charge is 2.17. The summed E-state index contributed by atoms with van der Waals surface area (Å²) in [6, 6.07) is 1.77. The largest absolute Gasteiger partial charge is 0.310 e. The van der Waals surface area contributed by atoms with Gasteiger partial charge in [-0.2, -0.15) is 5.10 Å². The van der Waals surface area contributed by atoms with Crippen molar-refractivity contribution in [1.29, 1.82) is 0 Å². The van der Waals surface area contributed by atoms with Crippen LogP contribution in [0.5, 0.6) is 0 Å². The lowest BCUT2D eigenvalue weighted by molar-refractivity contribution is -0.113. The minimum atomic E-state index is -3.32. The lowest BCUT2D eigenvalue weighted by Gasteiger charge is -2.19. The van der Waals surface area contributed by atoms with Crippen LogP contribution in [0.2, 0.25) is 0 Å². The third-order valence-electron chi connectivity index (χ3n) is 2.68. The second kappa shape index (κ2) is 5.51. The van der Waals surface area contributed by atoms with Gasteiger partial charge in [-0.05, 0) is 12.8 Å². The molecule has 0 fully saturated rings. The van der Waals surface area contributed by atoms with E-state index < -0.39 is 21.5 Å². The Morgan fingerprint density at radius 2 is 2.06 bits per heavy atom. The Hall–Kier alpha value is -1.37. The van der Waals surface area contributed by atoms with Gasteiger partial charge < -0.3 is 5.32 Å². The zero-order valence-corrected chi connectivity index (χ0v) is 11.9. The highest BCUT2D eigenvalue weighted by molar-refractivity contribution is 7.91. The molecule has 1 atom stereocenters. The molecule has 0 saturated heterocycles. The topological polar surface area (TPSA) is 81.1 Å². The zero-order chi connectivity index (χ0) is 13.9. The molecule has 7 heteroatoms. The fraction of sp³-hybridized carbons (Fsp3) is 0.636. The molecule has 1 rings (SSSR count). The predicted octanol–water partition coefficient (Wildman–Crippen LogP) is 1.08. The lowest BCUT2D eigenvalue weighted by atomic mass is 10.1. The number of hydrogen-bond acceptors (Lipinski definition) is 4. The van der Waals surface area contributed by atoms with Crippen LogP contribution >= 0.6 is 0 Å². The number of nitrogens with one attached hydrogen (secondary N) is 1. The molecule has 6 nitrogen and oxygen atoms in total. The molecule has 0 aromatic carbocycles. The van der Waals surface area contributed by atoms with Crippen molar-refractivity contribution in [2.75, 3.05) is 17.3 Å². The van der Waals surface area contributed by atoms with Crippen molar-refractivity contribution >= 4 is 21.6 Å². The number of carbonyl (C=O) groups excluding carboxylic acids is 1. The summed E-state index contributed by atoms with van der Waals surface area (Å²) in [4.78, 5) is 11.5. The summed E-state index contributed by atoms with van der Waals surface area (Å²) >= 11 is 0. The van der Waals surface area contributed by atoms with Crippen molar-refractivity contribution in [3.05, 3.63) is 12.3 Å². The van der Waals surface area contributed by atoms with E-state index in [9.17, 15) is 13.2 Å². The smallest absolute Gasteiger partial charge is 0.240 e. The van der Waals surface area contributed by atoms with E-state index in [2.05, 4.69) is 24.3 Å². The summed E-state index contributed by atoms with van der Waals surface area (Å²) in [5.41, 5.74) is 0. The first-order chi connectivity index (χ1) is 8.20. The second-order valence-corrected chi connectivity index (χ2v) is 6.90. The SMILES string of the molecule is CC(C)[C@@H](C)n1nccc1NC(=O)CS(C)(=O)=O. The highest BCUT2D eigenvalue weighted by atomic mass is 32.2. The van der Waals surface area contributed by atoms with E-state index in [4.69, 9.17) is 0 Å². The van der Waals surface area contributed by atoms with Gasteiger partial charge in [-0.15, -0.1) is 0 Å². The Morgan fingerprint density at radius 3 is 2.56 bits per heavy atom. The van der Waals surface area contributed by atoms with Gasteiger partial charge in [0, 0.05) is 12.3 Å². The van der Waals surface area contributed by atoms with Gasteiger partial charge in [0.05, 0.1) is 12.2 Å². The quantitative estimate of drug-likeness (QED) is 0.870. The molecule has 0 aliphatic heterocycles. The molecule has 0 spiro atoms. The van der Waals surface area contributed by atoms with Gasteiger partial charge in [-0.3, -0.25) is 4.79 Å². The predicted molar refractivity (Wildman–Crippen MR) is 70.1 cm³/mol. The van der Waals surface area contributed by atoms with E-state index in [-0.39, 0.29) is 6.04 Å². The van der Waals surface area contributed by atoms with Gasteiger partial charge in [0.1, 0.15) is 11.6 Å². The molecule has 0 aliphatic carbocycles. The molecule has 1 heterocycles. The van der Waals surface area contributed by atoms with Gasteiger partial charge in [0.15, 0.2) is 9.84 Å². The maximum absolute atomic E-state index is 11.5. The Bertz CT molecular complexity index is 519. The number of rotatable bonds is 5. The van der Waals surface area contributed by atoms with Gasteiger partial charge in [-0.25, -0.2) is 13.1 Å². The van der Waals surface area contributed by atoms with Gasteiger partial charge >= 0.3 is 0 Å². The first-order valence-corrected chi connectivity index (χ1v) is 7.78. The molecule has 1 amide bonds. The third-order valence-corrected chi connectivity index (χ3v) is 3.47. The summed E-state index contributed by atoms with van der Waals surface area (Å²) in [6.07, 6.45) is 2.61. The number of aromatic nitrogens is 2. The van der Waals surface area contributed by atoms with Crippen LogP contribution in [0.3, 0.4) is 0 Å². The summed E-state index contributed by atoms with van der Waals surface area (Å²) < 4.78 is 23.7. The average molecular weight is 273 g/mol. The van der Waals surface area contributed by atoms with Crippen LogP contribution in [-0.2, 0) is 14.6 Å². The molecule has 102 valence electrons. The number of sulfone groups is 1. The van der Waals surface area contributed by atoms with Crippen LogP contribution in [0.1, 0.15) is 26.8 Å². The molecule has 0 radical (unpaired) electrons. The van der Waals surface area contributed by atoms with Crippen molar-refractivity contribution in [3.8, 4) is 0 Å². The number of anilines is 1. The van der Waals surface area contributed by atoms with Crippen LogP contribution < -0.4 is 5.32 Å². The Labute approximate surface area is 107 Å². The molecule has 1 aromatic rings. The van der Waals surface area contributed by atoms with Crippen molar-refractivity contribution in [1.82, 2.24) is 9.78 Å². The zero-order valence-electron chi connectivity index (χ0n) is 11.0. The number of carbonyl (C=O) groups is 1. The van der Waals surface area contributed by atoms with Gasteiger partial charge in [0.2, 0.25) is 5.91 Å². The van der Waals surface area contributed by atoms with Crippen molar-refractivity contribution in [2.24, 2.45) is 5.92 Å². The third kappa shape index (κ3) is 4.14. The fourth-order valence-electron chi connectivity index (χ4n) is 1.44. The van der Waals surface area contributed by atoms with Gasteiger partial charge in [-0.1, -0.05) is 13.8 Å². The van der Waals surface area contributed by atoms with Crippen LogP contribution in [0.15, 0.2) is 12.3 Å². The molecule has 0 unspecified atom stereocenters. The molecule has 0 saturated carbocycles. The Balaban J connectivity index is 2.80. The molecular formula is C11H19N3O3S. The number of hydrogen-bond donors (Lipinski definition) is 1. The summed E-state index contributed by atoms with van der Waals surface area (Å²) in [6.45, 7) is 6.09. The first kappa shape index (κ1) is 14.7. The molecule has 0 bridgehead atoms. The Kier molecular flexibility index (Phi) is 4.50. The summed E-state index contributed by atoms with van der Waals surface area (Å²) in [5, 5.41) is 6.70. The van der Waals surface area contributed by atoms with Crippen LogP contribution in [0.25, 0.3) is 0 Å². The normalized spacial score (nSPS) is 13.6. The van der Waals surface area contributed by atoms with Crippen LogP contribution in [0.4, 0.5) is 5.82 Å². The molecule has 1 N–H and O–H groups in total. The summed E-state index contributed by atoms with van der Waals surface area (Å²) in [5.74, 6) is -0.190. The number of amides is 1. The minimum Gasteiger partial charge on any atom is -0.310 e. The van der Waals surface area contributed by atoms with E-state index in [0.29, 0.717) is 11.7 Å². The minimum absolute atomic E-state index is 0.119. The van der Waals surface area contributed by atoms with Crippen molar-refractivity contribution in [3.63, 3.8) is 0 Å². The molecule has 18 heavy (non-hydrogen) atoms. The monoisotopic (exact) mass is 273 g/mol. The van der Waals surface area contributed by atoms with E-state index in [1.807, 2.05) is 6.92 Å². The standard InChI is InChI=1S/C11H19N3O3S/c1-8(2)9(3)14-10(5-6-12-14)13-11(15)7-18(4,16)17/h5-6,8-9H,7H2,1-4H3,(H,13,15)/t9-/m1/s1. The van der Waals surface area contributed by atoms with E-state index >= 15 is 0 Å². The second-order valence-electron chi connectivity index (χ2n) is 4.76. The van der Waals surface area contributed by atoms with Crippen LogP contribution in [0, 0.1) is 5.92 Å². The fourth-order valence-corrected chi connectivity index (χ4v) is 1.99. The molecular weight excluding hydrogens is 254 g/mol. The molecule has 1 aromatic heterocycles. The van der Waals surface area contributed by atoms with Crippen molar-refractivity contribution < 1.29 is 13.2 Å². The average Bonchev–Trinajstić information content (AvgIpc) is 2.61. The van der Waals surface area contributed by atoms with E-state index in [1.54, 1.807) is 16.9 Å². The highest BCUT2D eigenvalue weighted by Crippen LogP contribution is 2.20. The Morgan fingerprint density at radius 1 is 1.44 bits per heavy atom. The first-order valence-electron chi connectivity index (χ1n) is 5.72. The molecule has 0 aliphatic rings. The maximum Gasteiger partial charge on any atom is 0.240 e. The maximum atomic E-state index is 11.5. The van der Waals surface area contributed by atoms with Crippen LogP contribution in [-0.4, -0.2) is 36.1 Å². The van der Waals surface area contributed by atoms with E-state index in [1.165, 1.54) is 0 Å². The number of nitrogens with zero attached hydrogens (tertiary/aromatic N) is 2. The summed E-state index contributed by atoms with van der Waals surface area (Å²) in [7, 11) is -3.32. The van der Waals surface area contributed by atoms with Crippen molar-refractivity contribution in [2.45, 2.75) is 26.8 Å². The van der Waals surface area contributed by atoms with E-state index in [0.717, 1.165) is 6.26 Å².